The number of likely N-dealkylation sites (tertiary alicyclic amines) is 1. The van der Waals surface area contributed by atoms with Crippen molar-refractivity contribution in [2.45, 2.75) is 44.4 Å². The van der Waals surface area contributed by atoms with E-state index in [2.05, 4.69) is 23.5 Å². The van der Waals surface area contributed by atoms with Crippen LogP contribution in [0.2, 0.25) is 0 Å². The summed E-state index contributed by atoms with van der Waals surface area (Å²) in [6, 6.07) is -0.341. The van der Waals surface area contributed by atoms with E-state index in [0.29, 0.717) is 13.0 Å². The van der Waals surface area contributed by atoms with E-state index in [1.54, 1.807) is 24.3 Å². The molecular weight excluding hydrogens is 374 g/mol. The second-order valence-corrected chi connectivity index (χ2v) is 7.86. The SMILES string of the molecule is C=C/C=C\C(=C)CC(NC(=O)C(C)C(OC)C1CCCN1C=O)c1nccs1. The quantitative estimate of drug-likeness (QED) is 0.455. The topological polar surface area (TPSA) is 71.5 Å². The molecule has 1 aliphatic rings. The zero-order valence-corrected chi connectivity index (χ0v) is 17.4. The summed E-state index contributed by atoms with van der Waals surface area (Å²) in [6.07, 6.45) is 9.93. The van der Waals surface area contributed by atoms with Gasteiger partial charge in [-0.05, 0) is 19.3 Å². The monoisotopic (exact) mass is 403 g/mol. The van der Waals surface area contributed by atoms with Gasteiger partial charge in [0.05, 0.1) is 24.1 Å². The predicted molar refractivity (Wildman–Crippen MR) is 112 cm³/mol. The van der Waals surface area contributed by atoms with E-state index in [0.717, 1.165) is 29.8 Å². The Morgan fingerprint density at radius 3 is 2.96 bits per heavy atom. The lowest BCUT2D eigenvalue weighted by Gasteiger charge is -2.32. The van der Waals surface area contributed by atoms with Crippen molar-refractivity contribution in [3.05, 3.63) is 53.5 Å². The van der Waals surface area contributed by atoms with E-state index in [1.165, 1.54) is 11.3 Å². The molecule has 4 atom stereocenters. The minimum atomic E-state index is -0.407. The van der Waals surface area contributed by atoms with Crippen LogP contribution in [0.25, 0.3) is 0 Å². The molecule has 1 N–H and O–H groups in total. The Morgan fingerprint density at radius 1 is 1.57 bits per heavy atom. The van der Waals surface area contributed by atoms with Crippen LogP contribution in [0.5, 0.6) is 0 Å². The highest BCUT2D eigenvalue weighted by atomic mass is 32.1. The Balaban J connectivity index is 2.10. The molecule has 0 aromatic carbocycles. The van der Waals surface area contributed by atoms with Gasteiger partial charge in [-0.1, -0.05) is 43.9 Å². The second-order valence-electron chi connectivity index (χ2n) is 6.93. The van der Waals surface area contributed by atoms with E-state index in [4.69, 9.17) is 4.74 Å². The summed E-state index contributed by atoms with van der Waals surface area (Å²) in [5, 5.41) is 5.82. The van der Waals surface area contributed by atoms with Crippen molar-refractivity contribution in [3.8, 4) is 0 Å². The maximum atomic E-state index is 13.0. The molecule has 0 spiro atoms. The van der Waals surface area contributed by atoms with Crippen LogP contribution in [0.1, 0.15) is 37.2 Å². The first kappa shape index (κ1) is 22.0. The zero-order chi connectivity index (χ0) is 20.5. The number of methoxy groups -OCH3 is 1. The first-order chi connectivity index (χ1) is 13.5. The smallest absolute Gasteiger partial charge is 0.226 e. The molecule has 1 aromatic rings. The van der Waals surface area contributed by atoms with Crippen molar-refractivity contribution in [1.29, 1.82) is 0 Å². The van der Waals surface area contributed by atoms with Gasteiger partial charge in [0.2, 0.25) is 12.3 Å². The van der Waals surface area contributed by atoms with Crippen LogP contribution in [-0.2, 0) is 14.3 Å². The molecular formula is C21H29N3O3S. The van der Waals surface area contributed by atoms with Crippen molar-refractivity contribution in [2.24, 2.45) is 5.92 Å². The van der Waals surface area contributed by atoms with Crippen LogP contribution in [0.3, 0.4) is 0 Å². The van der Waals surface area contributed by atoms with Gasteiger partial charge in [0.15, 0.2) is 0 Å². The number of carbonyl (C=O) groups is 2. The Bertz CT molecular complexity index is 702. The molecule has 1 aliphatic heterocycles. The van der Waals surface area contributed by atoms with Crippen LogP contribution in [0.15, 0.2) is 48.5 Å². The molecule has 1 fully saturated rings. The summed E-state index contributed by atoms with van der Waals surface area (Å²) in [6.45, 7) is 10.3. The van der Waals surface area contributed by atoms with Gasteiger partial charge in [-0.25, -0.2) is 4.98 Å². The Hall–Kier alpha value is -2.25. The van der Waals surface area contributed by atoms with Gasteiger partial charge < -0.3 is 15.0 Å². The molecule has 0 saturated carbocycles. The molecule has 1 saturated heterocycles. The molecule has 4 unspecified atom stereocenters. The summed E-state index contributed by atoms with van der Waals surface area (Å²) < 4.78 is 5.64. The first-order valence-electron chi connectivity index (χ1n) is 9.42. The molecule has 2 heterocycles. The molecule has 2 rings (SSSR count). The van der Waals surface area contributed by atoms with Gasteiger partial charge in [0.25, 0.3) is 0 Å². The lowest BCUT2D eigenvalue weighted by atomic mass is 9.94. The van der Waals surface area contributed by atoms with Crippen molar-refractivity contribution < 1.29 is 14.3 Å². The van der Waals surface area contributed by atoms with Crippen molar-refractivity contribution in [2.75, 3.05) is 13.7 Å². The van der Waals surface area contributed by atoms with E-state index in [-0.39, 0.29) is 24.1 Å². The molecule has 6 nitrogen and oxygen atoms in total. The minimum absolute atomic E-state index is 0.0768. The number of hydrogen-bond acceptors (Lipinski definition) is 5. The highest BCUT2D eigenvalue weighted by Gasteiger charge is 2.37. The van der Waals surface area contributed by atoms with Gasteiger partial charge in [-0.3, -0.25) is 9.59 Å². The Kier molecular flexibility index (Phi) is 8.60. The van der Waals surface area contributed by atoms with Crippen LogP contribution < -0.4 is 5.32 Å². The van der Waals surface area contributed by atoms with Gasteiger partial charge >= 0.3 is 0 Å². The summed E-state index contributed by atoms with van der Waals surface area (Å²) in [7, 11) is 1.59. The minimum Gasteiger partial charge on any atom is -0.378 e. The fourth-order valence-electron chi connectivity index (χ4n) is 3.59. The average Bonchev–Trinajstić information content (AvgIpc) is 3.38. The molecule has 1 aromatic heterocycles. The molecule has 28 heavy (non-hydrogen) atoms. The standard InChI is InChI=1S/C21H29N3O3S/c1-5-6-8-15(2)13-17(21-22-10-12-28-21)23-20(26)16(3)19(27-4)18-9-7-11-24(18)14-25/h5-6,8,10,12,14,16-19H,1-2,7,9,11,13H2,3-4H3,(H,23,26)/b8-6-. The molecule has 0 aliphatic carbocycles. The second kappa shape index (κ2) is 10.9. The van der Waals surface area contributed by atoms with E-state index in [1.807, 2.05) is 24.5 Å². The van der Waals surface area contributed by atoms with Gasteiger partial charge in [-0.2, -0.15) is 0 Å². The first-order valence-corrected chi connectivity index (χ1v) is 10.3. The summed E-state index contributed by atoms with van der Waals surface area (Å²) in [5.74, 6) is -0.528. The predicted octanol–water partition coefficient (Wildman–Crippen LogP) is 3.26. The highest BCUT2D eigenvalue weighted by molar-refractivity contribution is 7.09. The largest absolute Gasteiger partial charge is 0.378 e. The van der Waals surface area contributed by atoms with Gasteiger partial charge in [-0.15, -0.1) is 11.3 Å². The van der Waals surface area contributed by atoms with E-state index < -0.39 is 5.92 Å². The molecule has 2 amide bonds. The maximum absolute atomic E-state index is 13.0. The Morgan fingerprint density at radius 2 is 2.36 bits per heavy atom. The van der Waals surface area contributed by atoms with Crippen LogP contribution in [0.4, 0.5) is 0 Å². The molecule has 0 radical (unpaired) electrons. The fourth-order valence-corrected chi connectivity index (χ4v) is 4.28. The molecule has 7 heteroatoms. The summed E-state index contributed by atoms with van der Waals surface area (Å²) in [5.41, 5.74) is 0.874. The number of carbonyl (C=O) groups excluding carboxylic acids is 2. The number of rotatable bonds is 11. The van der Waals surface area contributed by atoms with Crippen molar-refractivity contribution in [3.63, 3.8) is 0 Å². The number of ether oxygens (including phenoxy) is 1. The lowest BCUT2D eigenvalue weighted by Crippen LogP contribution is -2.48. The summed E-state index contributed by atoms with van der Waals surface area (Å²) >= 11 is 1.50. The van der Waals surface area contributed by atoms with Crippen molar-refractivity contribution in [1.82, 2.24) is 15.2 Å². The molecule has 152 valence electrons. The lowest BCUT2D eigenvalue weighted by molar-refractivity contribution is -0.134. The maximum Gasteiger partial charge on any atom is 0.226 e. The number of amides is 2. The fraction of sp³-hybridized carbons (Fsp3) is 0.476. The van der Waals surface area contributed by atoms with E-state index >= 15 is 0 Å². The third-order valence-electron chi connectivity index (χ3n) is 5.04. The number of aromatic nitrogens is 1. The van der Waals surface area contributed by atoms with Crippen molar-refractivity contribution >= 4 is 23.7 Å². The van der Waals surface area contributed by atoms with Gasteiger partial charge in [0, 0.05) is 25.2 Å². The van der Waals surface area contributed by atoms with E-state index in [9.17, 15) is 9.59 Å². The highest BCUT2D eigenvalue weighted by Crippen LogP contribution is 2.27. The number of hydrogen-bond donors (Lipinski definition) is 1. The summed E-state index contributed by atoms with van der Waals surface area (Å²) in [4.78, 5) is 30.4. The van der Waals surface area contributed by atoms with Gasteiger partial charge in [0.1, 0.15) is 5.01 Å². The number of nitrogens with one attached hydrogen (secondary N) is 1. The van der Waals surface area contributed by atoms with Crippen LogP contribution >= 0.6 is 11.3 Å². The number of thiazole rings is 1. The normalized spacial score (nSPS) is 19.9. The third-order valence-corrected chi connectivity index (χ3v) is 5.92. The average molecular weight is 404 g/mol. The number of nitrogens with zero attached hydrogens (tertiary/aromatic N) is 2. The zero-order valence-electron chi connectivity index (χ0n) is 16.5. The third kappa shape index (κ3) is 5.62. The Labute approximate surface area is 171 Å². The number of allylic oxidation sites excluding steroid dienone is 3. The van der Waals surface area contributed by atoms with Crippen LogP contribution in [0, 0.1) is 5.92 Å². The van der Waals surface area contributed by atoms with Crippen LogP contribution in [-0.4, -0.2) is 48.0 Å². The molecule has 0 bridgehead atoms.